The number of hydrogen-bond acceptors (Lipinski definition) is 3. The summed E-state index contributed by atoms with van der Waals surface area (Å²) in [6.07, 6.45) is 4.56. The average molecular weight is 373 g/mol. The number of aryl methyl sites for hydroxylation is 1. The molecular formula is C21H32N4O2. The van der Waals surface area contributed by atoms with E-state index in [1.165, 1.54) is 5.57 Å². The second-order valence-electron chi connectivity index (χ2n) is 8.57. The van der Waals surface area contributed by atoms with Gasteiger partial charge in [0.05, 0.1) is 5.69 Å². The summed E-state index contributed by atoms with van der Waals surface area (Å²) in [4.78, 5) is 29.0. The number of hydrogen-bond donors (Lipinski definition) is 0. The Morgan fingerprint density at radius 3 is 2.41 bits per heavy atom. The van der Waals surface area contributed by atoms with Gasteiger partial charge in [0, 0.05) is 43.7 Å². The van der Waals surface area contributed by atoms with E-state index in [9.17, 15) is 9.59 Å². The van der Waals surface area contributed by atoms with Crippen LogP contribution in [0.15, 0.2) is 11.6 Å². The molecule has 0 saturated carbocycles. The van der Waals surface area contributed by atoms with Gasteiger partial charge >= 0.3 is 0 Å². The summed E-state index contributed by atoms with van der Waals surface area (Å²) in [7, 11) is 0. The molecule has 0 bridgehead atoms. The number of allylic oxidation sites excluding steroid dienone is 1. The standard InChI is InChI=1S/C21H32N4O2/c1-15(2)6-9-24-14-21(12-19(24)26)7-10-23(11-8-21)20(27)13-25-18(5)16(3)17(4)22-25/h6H,7-14H2,1-5H3. The molecule has 0 aromatic carbocycles. The number of nitrogens with zero attached hydrogens (tertiary/aromatic N) is 4. The zero-order chi connectivity index (χ0) is 19.8. The minimum Gasteiger partial charge on any atom is -0.341 e. The second-order valence-corrected chi connectivity index (χ2v) is 8.57. The zero-order valence-corrected chi connectivity index (χ0v) is 17.3. The minimum atomic E-state index is 0.0537. The number of piperidine rings is 1. The molecule has 2 saturated heterocycles. The van der Waals surface area contributed by atoms with Crippen molar-refractivity contribution in [3.63, 3.8) is 0 Å². The highest BCUT2D eigenvalue weighted by Crippen LogP contribution is 2.41. The zero-order valence-electron chi connectivity index (χ0n) is 17.3. The van der Waals surface area contributed by atoms with Crippen molar-refractivity contribution in [2.24, 2.45) is 5.41 Å². The minimum absolute atomic E-state index is 0.0537. The van der Waals surface area contributed by atoms with Crippen molar-refractivity contribution in [2.45, 2.75) is 60.4 Å². The summed E-state index contributed by atoms with van der Waals surface area (Å²) in [6, 6.07) is 0. The molecule has 1 spiro atoms. The van der Waals surface area contributed by atoms with Gasteiger partial charge in [-0.15, -0.1) is 0 Å². The molecule has 0 unspecified atom stereocenters. The van der Waals surface area contributed by atoms with Crippen molar-refractivity contribution >= 4 is 11.8 Å². The highest BCUT2D eigenvalue weighted by Gasteiger charge is 2.45. The molecule has 2 fully saturated rings. The van der Waals surface area contributed by atoms with Crippen LogP contribution in [-0.4, -0.2) is 57.6 Å². The summed E-state index contributed by atoms with van der Waals surface area (Å²) < 4.78 is 1.82. The van der Waals surface area contributed by atoms with E-state index in [-0.39, 0.29) is 17.2 Å². The van der Waals surface area contributed by atoms with E-state index >= 15 is 0 Å². The lowest BCUT2D eigenvalue weighted by Crippen LogP contribution is -2.45. The molecule has 27 heavy (non-hydrogen) atoms. The van der Waals surface area contributed by atoms with Gasteiger partial charge < -0.3 is 9.80 Å². The molecule has 2 aliphatic heterocycles. The molecule has 148 valence electrons. The number of rotatable bonds is 4. The Morgan fingerprint density at radius 2 is 1.85 bits per heavy atom. The lowest BCUT2D eigenvalue weighted by atomic mass is 9.77. The summed E-state index contributed by atoms with van der Waals surface area (Å²) in [6.45, 7) is 13.5. The van der Waals surface area contributed by atoms with E-state index in [4.69, 9.17) is 0 Å². The van der Waals surface area contributed by atoms with E-state index in [1.807, 2.05) is 35.3 Å². The van der Waals surface area contributed by atoms with Crippen molar-refractivity contribution < 1.29 is 9.59 Å². The molecule has 6 nitrogen and oxygen atoms in total. The summed E-state index contributed by atoms with van der Waals surface area (Å²) in [5, 5.41) is 4.48. The van der Waals surface area contributed by atoms with Crippen LogP contribution in [0, 0.1) is 26.2 Å². The second kappa shape index (κ2) is 7.49. The molecule has 2 aliphatic rings. The Bertz CT molecular complexity index is 765. The molecule has 3 rings (SSSR count). The van der Waals surface area contributed by atoms with Gasteiger partial charge in [0.2, 0.25) is 11.8 Å². The van der Waals surface area contributed by atoms with E-state index in [1.54, 1.807) is 0 Å². The van der Waals surface area contributed by atoms with Crippen LogP contribution >= 0.6 is 0 Å². The van der Waals surface area contributed by atoms with E-state index < -0.39 is 0 Å². The highest BCUT2D eigenvalue weighted by atomic mass is 16.2. The largest absolute Gasteiger partial charge is 0.341 e. The maximum Gasteiger partial charge on any atom is 0.244 e. The lowest BCUT2D eigenvalue weighted by Gasteiger charge is -2.38. The number of carbonyl (C=O) groups excluding carboxylic acids is 2. The number of carbonyl (C=O) groups is 2. The lowest BCUT2D eigenvalue weighted by molar-refractivity contribution is -0.134. The SMILES string of the molecule is CC(C)=CCN1CC2(CCN(C(=O)Cn3nc(C)c(C)c3C)CC2)CC1=O. The van der Waals surface area contributed by atoms with Crippen LogP contribution < -0.4 is 0 Å². The van der Waals surface area contributed by atoms with Crippen molar-refractivity contribution in [3.8, 4) is 0 Å². The molecule has 1 aromatic rings. The van der Waals surface area contributed by atoms with Gasteiger partial charge in [-0.2, -0.15) is 5.10 Å². The van der Waals surface area contributed by atoms with Gasteiger partial charge in [-0.05, 0) is 53.0 Å². The van der Waals surface area contributed by atoms with Gasteiger partial charge in [0.1, 0.15) is 6.54 Å². The van der Waals surface area contributed by atoms with Gasteiger partial charge in [-0.25, -0.2) is 0 Å². The monoisotopic (exact) mass is 372 g/mol. The van der Waals surface area contributed by atoms with Crippen molar-refractivity contribution in [1.82, 2.24) is 19.6 Å². The summed E-state index contributed by atoms with van der Waals surface area (Å²) in [5.41, 5.74) is 4.49. The van der Waals surface area contributed by atoms with E-state index in [0.717, 1.165) is 49.4 Å². The van der Waals surface area contributed by atoms with Crippen molar-refractivity contribution in [3.05, 3.63) is 28.6 Å². The average Bonchev–Trinajstić information content (AvgIpc) is 3.05. The van der Waals surface area contributed by atoms with Crippen LogP contribution in [0.2, 0.25) is 0 Å². The third-order valence-electron chi connectivity index (χ3n) is 6.33. The molecule has 1 aromatic heterocycles. The quantitative estimate of drug-likeness (QED) is 0.764. The first kappa shape index (κ1) is 19.6. The molecular weight excluding hydrogens is 340 g/mol. The first-order valence-corrected chi connectivity index (χ1v) is 9.90. The maximum absolute atomic E-state index is 12.7. The first-order valence-electron chi connectivity index (χ1n) is 9.90. The smallest absolute Gasteiger partial charge is 0.244 e. The normalized spacial score (nSPS) is 19.1. The molecule has 0 N–H and O–H groups in total. The predicted octanol–water partition coefficient (Wildman–Crippen LogP) is 2.62. The van der Waals surface area contributed by atoms with Gasteiger partial charge in [-0.1, -0.05) is 11.6 Å². The molecule has 0 aliphatic carbocycles. The fraction of sp³-hybridized carbons (Fsp3) is 0.667. The van der Waals surface area contributed by atoms with Crippen LogP contribution in [0.1, 0.15) is 50.1 Å². The van der Waals surface area contributed by atoms with Crippen LogP contribution in [0.25, 0.3) is 0 Å². The Balaban J connectivity index is 1.57. The van der Waals surface area contributed by atoms with Gasteiger partial charge in [-0.3, -0.25) is 14.3 Å². The Kier molecular flexibility index (Phi) is 5.45. The van der Waals surface area contributed by atoms with Crippen molar-refractivity contribution in [1.29, 1.82) is 0 Å². The van der Waals surface area contributed by atoms with Crippen LogP contribution in [0.5, 0.6) is 0 Å². The summed E-state index contributed by atoms with van der Waals surface area (Å²) in [5.74, 6) is 0.381. The summed E-state index contributed by atoms with van der Waals surface area (Å²) >= 11 is 0. The van der Waals surface area contributed by atoms with Gasteiger partial charge in [0.25, 0.3) is 0 Å². The topological polar surface area (TPSA) is 58.4 Å². The third-order valence-corrected chi connectivity index (χ3v) is 6.33. The molecule has 0 radical (unpaired) electrons. The molecule has 0 atom stereocenters. The Labute approximate surface area is 162 Å². The Hall–Kier alpha value is -2.11. The highest BCUT2D eigenvalue weighted by molar-refractivity contribution is 5.80. The maximum atomic E-state index is 12.7. The van der Waals surface area contributed by atoms with E-state index in [0.29, 0.717) is 19.5 Å². The molecule has 3 heterocycles. The van der Waals surface area contributed by atoms with Crippen LogP contribution in [-0.2, 0) is 16.1 Å². The van der Waals surface area contributed by atoms with E-state index in [2.05, 4.69) is 25.0 Å². The first-order chi connectivity index (χ1) is 12.7. The molecule has 2 amide bonds. The number of aromatic nitrogens is 2. The fourth-order valence-corrected chi connectivity index (χ4v) is 4.17. The fourth-order valence-electron chi connectivity index (χ4n) is 4.17. The third kappa shape index (κ3) is 4.09. The van der Waals surface area contributed by atoms with Crippen LogP contribution in [0.4, 0.5) is 0 Å². The Morgan fingerprint density at radius 1 is 1.19 bits per heavy atom. The number of amides is 2. The predicted molar refractivity (Wildman–Crippen MR) is 105 cm³/mol. The van der Waals surface area contributed by atoms with Crippen LogP contribution in [0.3, 0.4) is 0 Å². The van der Waals surface area contributed by atoms with Gasteiger partial charge in [0.15, 0.2) is 0 Å². The van der Waals surface area contributed by atoms with Crippen molar-refractivity contribution in [2.75, 3.05) is 26.2 Å². The molecule has 6 heteroatoms. The number of likely N-dealkylation sites (tertiary alicyclic amines) is 2.